The molecule has 7 nitrogen and oxygen atoms in total. The van der Waals surface area contributed by atoms with Gasteiger partial charge in [-0.1, -0.05) is 0 Å². The van der Waals surface area contributed by atoms with E-state index in [1.165, 1.54) is 11.4 Å². The van der Waals surface area contributed by atoms with Crippen LogP contribution in [0.1, 0.15) is 17.3 Å². The quantitative estimate of drug-likeness (QED) is 0.749. The average molecular weight is 293 g/mol. The van der Waals surface area contributed by atoms with E-state index < -0.39 is 27.7 Å². The molecule has 0 spiro atoms. The highest BCUT2D eigenvalue weighted by Gasteiger charge is 2.21. The maximum atomic E-state index is 11.5. The summed E-state index contributed by atoms with van der Waals surface area (Å²) in [6.07, 6.45) is 0. The van der Waals surface area contributed by atoms with Crippen molar-refractivity contribution in [2.75, 3.05) is 17.1 Å². The Morgan fingerprint density at radius 1 is 1.50 bits per heavy atom. The number of aliphatic carboxylic acids is 1. The van der Waals surface area contributed by atoms with Crippen LogP contribution < -0.4 is 4.72 Å². The lowest BCUT2D eigenvalue weighted by atomic mass is 10.3. The highest BCUT2D eigenvalue weighted by molar-refractivity contribution is 7.93. The van der Waals surface area contributed by atoms with E-state index in [1.54, 1.807) is 6.92 Å². The number of carboxylic acid groups (broad SMARTS) is 1. The van der Waals surface area contributed by atoms with Crippen LogP contribution >= 0.6 is 11.3 Å². The van der Waals surface area contributed by atoms with Gasteiger partial charge in [0.2, 0.25) is 10.0 Å². The molecule has 18 heavy (non-hydrogen) atoms. The Morgan fingerprint density at radius 3 is 2.72 bits per heavy atom. The molecular weight excluding hydrogens is 282 g/mol. The predicted octanol–water partition coefficient (Wildman–Crippen LogP) is 0.751. The zero-order valence-electron chi connectivity index (χ0n) is 9.37. The van der Waals surface area contributed by atoms with Crippen molar-refractivity contribution in [3.05, 3.63) is 17.0 Å². The molecule has 0 bridgehead atoms. The number of carbonyl (C=O) groups is 2. The second kappa shape index (κ2) is 5.83. The van der Waals surface area contributed by atoms with Crippen LogP contribution in [-0.4, -0.2) is 37.8 Å². The highest BCUT2D eigenvalue weighted by Crippen LogP contribution is 2.25. The molecule has 0 unspecified atom stereocenters. The van der Waals surface area contributed by atoms with Gasteiger partial charge < -0.3 is 9.84 Å². The average Bonchev–Trinajstić information content (AvgIpc) is 2.62. The van der Waals surface area contributed by atoms with Gasteiger partial charge in [0.25, 0.3) is 0 Å². The first-order valence-electron chi connectivity index (χ1n) is 4.82. The normalized spacial score (nSPS) is 10.9. The Labute approximate surface area is 107 Å². The summed E-state index contributed by atoms with van der Waals surface area (Å²) in [5.74, 6) is -3.20. The zero-order chi connectivity index (χ0) is 13.8. The Morgan fingerprint density at radius 2 is 2.17 bits per heavy atom. The summed E-state index contributed by atoms with van der Waals surface area (Å²) in [6.45, 7) is 1.79. The van der Waals surface area contributed by atoms with Gasteiger partial charge in [-0.2, -0.15) is 0 Å². The molecule has 0 aromatic carbocycles. The van der Waals surface area contributed by atoms with Gasteiger partial charge in [0.05, 0.1) is 12.2 Å². The molecule has 0 fully saturated rings. The van der Waals surface area contributed by atoms with Crippen molar-refractivity contribution < 1.29 is 27.9 Å². The van der Waals surface area contributed by atoms with Gasteiger partial charge in [0.1, 0.15) is 5.00 Å². The summed E-state index contributed by atoms with van der Waals surface area (Å²) >= 11 is 0.974. The summed E-state index contributed by atoms with van der Waals surface area (Å²) in [7, 11) is -4.02. The summed E-state index contributed by atoms with van der Waals surface area (Å²) in [5.41, 5.74) is 0.0656. The van der Waals surface area contributed by atoms with Crippen LogP contribution in [-0.2, 0) is 19.6 Å². The van der Waals surface area contributed by atoms with Crippen LogP contribution in [0.2, 0.25) is 0 Å². The minimum atomic E-state index is -4.02. The van der Waals surface area contributed by atoms with Gasteiger partial charge in [0.15, 0.2) is 5.75 Å². The van der Waals surface area contributed by atoms with Crippen molar-refractivity contribution in [3.8, 4) is 0 Å². The molecule has 0 amide bonds. The van der Waals surface area contributed by atoms with E-state index in [1.807, 2.05) is 4.72 Å². The standard InChI is InChI=1S/C9H11NO6S2/c1-2-16-9(13)6-3-4-17-8(6)10-18(14,15)5-7(11)12/h3-4,10H,2,5H2,1H3,(H,11,12). The third-order valence-corrected chi connectivity index (χ3v) is 3.82. The SMILES string of the molecule is CCOC(=O)c1ccsc1NS(=O)(=O)CC(=O)O. The van der Waals surface area contributed by atoms with E-state index in [2.05, 4.69) is 0 Å². The minimum absolute atomic E-state index is 0.0506. The highest BCUT2D eigenvalue weighted by atomic mass is 32.2. The molecule has 9 heteroatoms. The first-order valence-corrected chi connectivity index (χ1v) is 7.36. The molecule has 1 aromatic heterocycles. The maximum absolute atomic E-state index is 11.5. The lowest BCUT2D eigenvalue weighted by molar-refractivity contribution is -0.134. The van der Waals surface area contributed by atoms with Gasteiger partial charge in [-0.05, 0) is 18.4 Å². The zero-order valence-corrected chi connectivity index (χ0v) is 11.0. The van der Waals surface area contributed by atoms with Crippen molar-refractivity contribution in [2.45, 2.75) is 6.92 Å². The van der Waals surface area contributed by atoms with Crippen molar-refractivity contribution in [2.24, 2.45) is 0 Å². The lowest BCUT2D eigenvalue weighted by Gasteiger charge is -2.06. The Bertz CT molecular complexity index is 547. The van der Waals surface area contributed by atoms with Crippen LogP contribution in [0.4, 0.5) is 5.00 Å². The smallest absolute Gasteiger partial charge is 0.341 e. The van der Waals surface area contributed by atoms with Crippen LogP contribution in [0.15, 0.2) is 11.4 Å². The number of hydrogen-bond donors (Lipinski definition) is 2. The molecule has 0 atom stereocenters. The first-order chi connectivity index (χ1) is 8.35. The molecule has 1 aromatic rings. The third kappa shape index (κ3) is 4.00. The molecule has 0 aliphatic carbocycles. The minimum Gasteiger partial charge on any atom is -0.480 e. The number of anilines is 1. The number of thiophene rings is 1. The molecule has 100 valence electrons. The fourth-order valence-electron chi connectivity index (χ4n) is 1.10. The molecule has 0 saturated heterocycles. The topological polar surface area (TPSA) is 110 Å². The number of esters is 1. The van der Waals surface area contributed by atoms with Crippen LogP contribution in [0.25, 0.3) is 0 Å². The maximum Gasteiger partial charge on any atom is 0.341 e. The number of nitrogens with one attached hydrogen (secondary N) is 1. The monoisotopic (exact) mass is 293 g/mol. The molecule has 0 radical (unpaired) electrons. The lowest BCUT2D eigenvalue weighted by Crippen LogP contribution is -2.23. The first kappa shape index (κ1) is 14.5. The molecule has 0 aliphatic rings. The second-order valence-electron chi connectivity index (χ2n) is 3.14. The van der Waals surface area contributed by atoms with Crippen molar-refractivity contribution in [3.63, 3.8) is 0 Å². The Kier molecular flexibility index (Phi) is 4.68. The molecule has 0 saturated carbocycles. The van der Waals surface area contributed by atoms with Gasteiger partial charge >= 0.3 is 11.9 Å². The third-order valence-electron chi connectivity index (χ3n) is 1.72. The van der Waals surface area contributed by atoms with E-state index in [9.17, 15) is 18.0 Å². The van der Waals surface area contributed by atoms with Crippen molar-refractivity contribution in [1.82, 2.24) is 0 Å². The summed E-state index contributed by atoms with van der Waals surface area (Å²) < 4.78 is 29.6. The molecule has 1 heterocycles. The molecule has 0 aliphatic heterocycles. The largest absolute Gasteiger partial charge is 0.480 e. The Balaban J connectivity index is 2.89. The fourth-order valence-corrected chi connectivity index (χ4v) is 3.08. The van der Waals surface area contributed by atoms with Crippen LogP contribution in [0, 0.1) is 0 Å². The van der Waals surface area contributed by atoms with E-state index in [0.717, 1.165) is 11.3 Å². The van der Waals surface area contributed by atoms with Crippen molar-refractivity contribution >= 4 is 38.3 Å². The molecule has 2 N–H and O–H groups in total. The van der Waals surface area contributed by atoms with Crippen LogP contribution in [0.5, 0.6) is 0 Å². The second-order valence-corrected chi connectivity index (χ2v) is 5.78. The van der Waals surface area contributed by atoms with E-state index in [0.29, 0.717) is 0 Å². The van der Waals surface area contributed by atoms with Gasteiger partial charge in [-0.15, -0.1) is 11.3 Å². The number of carbonyl (C=O) groups excluding carboxylic acids is 1. The number of hydrogen-bond acceptors (Lipinski definition) is 6. The van der Waals surface area contributed by atoms with Crippen LogP contribution in [0.3, 0.4) is 0 Å². The number of sulfonamides is 1. The number of carboxylic acids is 1. The Hall–Kier alpha value is -1.61. The number of ether oxygens (including phenoxy) is 1. The van der Waals surface area contributed by atoms with Gasteiger partial charge in [-0.3, -0.25) is 9.52 Å². The van der Waals surface area contributed by atoms with Crippen molar-refractivity contribution in [1.29, 1.82) is 0 Å². The molecular formula is C9H11NO6S2. The van der Waals surface area contributed by atoms with E-state index in [-0.39, 0.29) is 17.2 Å². The van der Waals surface area contributed by atoms with E-state index in [4.69, 9.17) is 9.84 Å². The van der Waals surface area contributed by atoms with Gasteiger partial charge in [0, 0.05) is 0 Å². The number of rotatable bonds is 6. The molecule has 1 rings (SSSR count). The predicted molar refractivity (Wildman–Crippen MR) is 65.3 cm³/mol. The summed E-state index contributed by atoms with van der Waals surface area (Å²) in [5, 5.41) is 9.99. The van der Waals surface area contributed by atoms with Gasteiger partial charge in [-0.25, -0.2) is 13.2 Å². The fraction of sp³-hybridized carbons (Fsp3) is 0.333. The van der Waals surface area contributed by atoms with E-state index >= 15 is 0 Å². The summed E-state index contributed by atoms with van der Waals surface area (Å²) in [6, 6.07) is 1.40. The summed E-state index contributed by atoms with van der Waals surface area (Å²) in [4.78, 5) is 21.8.